The summed E-state index contributed by atoms with van der Waals surface area (Å²) in [6.07, 6.45) is 0.373. The first-order valence-electron chi connectivity index (χ1n) is 17.1. The van der Waals surface area contributed by atoms with Gasteiger partial charge in [-0.3, -0.25) is 14.1 Å². The molecular formula is C38H51F6N5O9. The zero-order valence-electron chi connectivity index (χ0n) is 31.9. The maximum atomic E-state index is 13.0. The van der Waals surface area contributed by atoms with Gasteiger partial charge in [0.2, 0.25) is 0 Å². The number of halogens is 6. The molecule has 1 aromatic heterocycles. The van der Waals surface area contributed by atoms with Crippen LogP contribution in [0.2, 0.25) is 0 Å². The number of carbonyl (C=O) groups is 3. The van der Waals surface area contributed by atoms with Gasteiger partial charge in [0.15, 0.2) is 12.2 Å². The fraction of sp³-hybridized carbons (Fsp3) is 0.368. The van der Waals surface area contributed by atoms with Crippen LogP contribution in [0, 0.1) is 11.8 Å². The van der Waals surface area contributed by atoms with Gasteiger partial charge in [0.1, 0.15) is 11.9 Å². The van der Waals surface area contributed by atoms with Crippen molar-refractivity contribution in [3.05, 3.63) is 96.5 Å². The van der Waals surface area contributed by atoms with Gasteiger partial charge in [-0.05, 0) is 60.1 Å². The number of oxazole rings is 1. The summed E-state index contributed by atoms with van der Waals surface area (Å²) in [6.45, 7) is 7.75. The van der Waals surface area contributed by atoms with Gasteiger partial charge in [0.25, 0.3) is 0 Å². The number of aromatic nitrogens is 1. The van der Waals surface area contributed by atoms with Crippen LogP contribution in [0.4, 0.5) is 48.2 Å². The Balaban J connectivity index is 0. The highest BCUT2D eigenvalue weighted by Gasteiger charge is 2.38. The Hall–Kier alpha value is -5.86. The Morgan fingerprint density at radius 1 is 0.948 bits per heavy atom. The van der Waals surface area contributed by atoms with Crippen LogP contribution in [-0.4, -0.2) is 77.0 Å². The number of ether oxygens (including phenoxy) is 2. The summed E-state index contributed by atoms with van der Waals surface area (Å²) in [5.41, 5.74) is 3.65. The van der Waals surface area contributed by atoms with Crippen LogP contribution in [0.25, 0.3) is 11.3 Å². The topological polar surface area (TPSA) is 218 Å². The number of alkyl halides is 3. The minimum Gasteiger partial charge on any atom is -0.496 e. The van der Waals surface area contributed by atoms with Gasteiger partial charge >= 0.3 is 24.3 Å². The van der Waals surface area contributed by atoms with Gasteiger partial charge in [-0.15, -0.1) is 0 Å². The van der Waals surface area contributed by atoms with Crippen LogP contribution in [0.5, 0.6) is 5.75 Å². The quantitative estimate of drug-likeness (QED) is 0.0892. The van der Waals surface area contributed by atoms with Crippen LogP contribution < -0.4 is 20.7 Å². The van der Waals surface area contributed by atoms with Crippen LogP contribution >= 0.6 is 0 Å². The summed E-state index contributed by atoms with van der Waals surface area (Å²) < 4.78 is 48.5. The number of urea groups is 1. The van der Waals surface area contributed by atoms with Crippen LogP contribution in [0.15, 0.2) is 89.8 Å². The number of amides is 3. The molecule has 1 fully saturated rings. The van der Waals surface area contributed by atoms with Crippen molar-refractivity contribution in [1.82, 2.24) is 15.2 Å². The second kappa shape index (κ2) is 26.1. The van der Waals surface area contributed by atoms with E-state index in [1.54, 1.807) is 37.6 Å². The van der Waals surface area contributed by atoms with Crippen molar-refractivity contribution < 1.29 is 71.6 Å². The second-order valence-electron chi connectivity index (χ2n) is 12.9. The summed E-state index contributed by atoms with van der Waals surface area (Å²) >= 11 is 0. The number of carbonyl (C=O) groups excluding carboxylic acids is 2. The Bertz CT molecular complexity index is 1780. The van der Waals surface area contributed by atoms with Gasteiger partial charge in [-0.2, -0.15) is 13.2 Å². The lowest BCUT2D eigenvalue weighted by atomic mass is 10.1. The summed E-state index contributed by atoms with van der Waals surface area (Å²) in [4.78, 5) is 41.1. The van der Waals surface area contributed by atoms with Crippen molar-refractivity contribution in [2.45, 2.75) is 51.9 Å². The first-order valence-corrected chi connectivity index (χ1v) is 17.1. The maximum absolute atomic E-state index is 13.0. The molecule has 0 bridgehead atoms. The van der Waals surface area contributed by atoms with E-state index >= 15 is 0 Å². The third-order valence-electron chi connectivity index (χ3n) is 7.99. The third kappa shape index (κ3) is 18.4. The van der Waals surface area contributed by atoms with Gasteiger partial charge in [0.05, 0.1) is 18.9 Å². The molecule has 14 nitrogen and oxygen atoms in total. The zero-order chi connectivity index (χ0) is 38.4. The minimum absolute atomic E-state index is 0. The number of nitrogens with zero attached hydrogens (tertiary/aromatic N) is 2. The largest absolute Gasteiger partial charge is 0.496 e. The molecule has 1 aliphatic rings. The molecule has 1 saturated carbocycles. The predicted octanol–water partition coefficient (Wildman–Crippen LogP) is 7.16. The highest BCUT2D eigenvalue weighted by molar-refractivity contribution is 6.00. The average Bonchev–Trinajstić information content (AvgIpc) is 3.77. The van der Waals surface area contributed by atoms with E-state index in [0.717, 1.165) is 48.7 Å². The normalized spacial score (nSPS) is 11.9. The molecule has 3 aromatic carbocycles. The fourth-order valence-electron chi connectivity index (χ4n) is 5.42. The summed E-state index contributed by atoms with van der Waals surface area (Å²) in [6, 6.07) is 22.1. The van der Waals surface area contributed by atoms with Gasteiger partial charge in [0, 0.05) is 50.0 Å². The summed E-state index contributed by atoms with van der Waals surface area (Å²) in [7, 11) is 1.55. The number of aliphatic carboxylic acids is 1. The smallest absolute Gasteiger partial charge is 0.490 e. The van der Waals surface area contributed by atoms with Crippen molar-refractivity contribution >= 4 is 29.5 Å². The Morgan fingerprint density at radius 3 is 2.14 bits per heavy atom. The molecule has 1 atom stereocenters. The van der Waals surface area contributed by atoms with E-state index in [2.05, 4.69) is 39.7 Å². The molecular weight excluding hydrogens is 784 g/mol. The second-order valence-corrected chi connectivity index (χ2v) is 12.9. The lowest BCUT2D eigenvalue weighted by Crippen LogP contribution is -2.33. The minimum atomic E-state index is -5.08. The molecule has 3 amide bonds. The molecule has 0 radical (unpaired) electrons. The molecule has 1 unspecified atom stereocenters. The van der Waals surface area contributed by atoms with E-state index < -0.39 is 24.3 Å². The standard InChI is InChI=1S/C36H43N5O5.C2HF3O2.3FH.2H2O/c1-25(2)22-41(23-26-12-13-26)17-16-32(28-9-5-4-6-10-28)46-36(43)38-20-27-8-7-11-29(18-27)39-35(42)40-30-14-15-31(33(19-30)44-3)34-21-37-24-45-34;3-2(4,5)1(6)7;;;;;/h4-11,14-15,18-19,21,24-26,32H,12-13,16-17,20,22-23H2,1-3H3,(H,38,43)(H2,39,40,42);(H,6,7);3*1H;2*1H2. The first kappa shape index (κ1) is 54.2. The van der Waals surface area contributed by atoms with Gasteiger partial charge in [-0.25, -0.2) is 19.4 Å². The maximum Gasteiger partial charge on any atom is 0.490 e. The van der Waals surface area contributed by atoms with Crippen molar-refractivity contribution in [1.29, 1.82) is 0 Å². The number of nitrogens with one attached hydrogen (secondary N) is 3. The van der Waals surface area contributed by atoms with E-state index in [1.807, 2.05) is 48.5 Å². The molecule has 0 spiro atoms. The number of hydrogen-bond donors (Lipinski definition) is 4. The zero-order valence-corrected chi connectivity index (χ0v) is 31.9. The number of rotatable bonds is 15. The highest BCUT2D eigenvalue weighted by Crippen LogP contribution is 2.33. The molecule has 324 valence electrons. The highest BCUT2D eigenvalue weighted by atomic mass is 19.4. The molecule has 58 heavy (non-hydrogen) atoms. The van der Waals surface area contributed by atoms with Crippen LogP contribution in [-0.2, 0) is 16.1 Å². The average molecular weight is 836 g/mol. The number of anilines is 2. The molecule has 20 heteroatoms. The molecule has 1 aliphatic carbocycles. The van der Waals surface area contributed by atoms with E-state index in [-0.39, 0.29) is 37.7 Å². The van der Waals surface area contributed by atoms with Crippen molar-refractivity contribution in [3.8, 4) is 17.1 Å². The van der Waals surface area contributed by atoms with Crippen molar-refractivity contribution in [3.63, 3.8) is 0 Å². The summed E-state index contributed by atoms with van der Waals surface area (Å²) in [5.74, 6) is -0.275. The first-order chi connectivity index (χ1) is 25.3. The van der Waals surface area contributed by atoms with E-state index in [0.29, 0.717) is 28.8 Å². The molecule has 5 rings (SSSR count). The van der Waals surface area contributed by atoms with Crippen molar-refractivity contribution in [2.24, 2.45) is 11.8 Å². The predicted molar refractivity (Wildman–Crippen MR) is 207 cm³/mol. The van der Waals surface area contributed by atoms with Crippen molar-refractivity contribution in [2.75, 3.05) is 37.4 Å². The van der Waals surface area contributed by atoms with E-state index in [9.17, 15) is 22.8 Å². The Kier molecular flexibility index (Phi) is 24.4. The third-order valence-corrected chi connectivity index (χ3v) is 7.99. The molecule has 4 aromatic rings. The molecule has 0 saturated heterocycles. The van der Waals surface area contributed by atoms with Gasteiger partial charge in [-0.1, -0.05) is 56.3 Å². The number of alkyl carbamates (subject to hydrolysis) is 1. The lowest BCUT2D eigenvalue weighted by molar-refractivity contribution is -0.192. The number of benzene rings is 3. The van der Waals surface area contributed by atoms with E-state index in [1.165, 1.54) is 19.2 Å². The molecule has 0 aliphatic heterocycles. The summed E-state index contributed by atoms with van der Waals surface area (Å²) in [5, 5.41) is 15.7. The number of hydrogen-bond acceptors (Lipinski definition) is 8. The number of methoxy groups -OCH3 is 1. The molecule has 8 N–H and O–H groups in total. The van der Waals surface area contributed by atoms with E-state index in [4.69, 9.17) is 23.8 Å². The number of carboxylic acid groups (broad SMARTS) is 1. The Morgan fingerprint density at radius 2 is 1.59 bits per heavy atom. The van der Waals surface area contributed by atoms with Crippen LogP contribution in [0.3, 0.4) is 0 Å². The number of carboxylic acids is 1. The Labute approximate surface area is 330 Å². The monoisotopic (exact) mass is 835 g/mol. The molecule has 1 heterocycles. The van der Waals surface area contributed by atoms with Gasteiger partial charge < -0.3 is 50.8 Å². The fourth-order valence-corrected chi connectivity index (χ4v) is 5.42. The lowest BCUT2D eigenvalue weighted by Gasteiger charge is -2.27. The van der Waals surface area contributed by atoms with Crippen LogP contribution in [0.1, 0.15) is 50.3 Å². The SMILES string of the molecule is COc1cc(NC(=O)Nc2cccc(CNC(=O)OC(CCN(CC(C)C)CC3CC3)c3ccccc3)c2)ccc1-c1cnco1.F.F.F.O.O.O=C(O)C(F)(F)F.